The quantitative estimate of drug-likeness (QED) is 0.842. The first kappa shape index (κ1) is 11.7. The van der Waals surface area contributed by atoms with Gasteiger partial charge in [-0.25, -0.2) is 0 Å². The number of nitrogens with one attached hydrogen (secondary N) is 1. The van der Waals surface area contributed by atoms with Gasteiger partial charge in [-0.05, 0) is 12.1 Å². The highest BCUT2D eigenvalue weighted by Gasteiger charge is 2.04. The van der Waals surface area contributed by atoms with E-state index in [4.69, 9.17) is 0 Å². The van der Waals surface area contributed by atoms with Gasteiger partial charge in [0.2, 0.25) is 5.91 Å². The molecule has 0 spiro atoms. The van der Waals surface area contributed by atoms with Gasteiger partial charge in [0.15, 0.2) is 5.82 Å². The van der Waals surface area contributed by atoms with E-state index in [2.05, 4.69) is 10.4 Å². The Morgan fingerprint density at radius 1 is 1.35 bits per heavy atom. The summed E-state index contributed by atoms with van der Waals surface area (Å²) >= 11 is 1.51. The van der Waals surface area contributed by atoms with Crippen molar-refractivity contribution in [3.63, 3.8) is 0 Å². The number of hydrogen-bond acceptors (Lipinski definition) is 3. The molecule has 0 aliphatic rings. The summed E-state index contributed by atoms with van der Waals surface area (Å²) in [6.07, 6.45) is 1.79. The van der Waals surface area contributed by atoms with Crippen molar-refractivity contribution in [2.45, 2.75) is 4.90 Å². The number of thioether (sulfide) groups is 1. The van der Waals surface area contributed by atoms with Crippen molar-refractivity contribution in [2.24, 2.45) is 7.05 Å². The standard InChI is InChI=1S/C12H13N3OS/c1-15-8-7-11(14-15)13-12(16)9-17-10-5-3-2-4-6-10/h2-8H,9H2,1H3,(H,13,14,16). The lowest BCUT2D eigenvalue weighted by Gasteiger charge is -2.01. The van der Waals surface area contributed by atoms with Crippen molar-refractivity contribution < 1.29 is 4.79 Å². The minimum absolute atomic E-state index is 0.0439. The van der Waals surface area contributed by atoms with Crippen LogP contribution in [0.5, 0.6) is 0 Å². The average molecular weight is 247 g/mol. The van der Waals surface area contributed by atoms with E-state index >= 15 is 0 Å². The maximum Gasteiger partial charge on any atom is 0.235 e. The zero-order valence-electron chi connectivity index (χ0n) is 9.46. The van der Waals surface area contributed by atoms with Crippen LogP contribution in [0.4, 0.5) is 5.82 Å². The Balaban J connectivity index is 1.82. The first-order chi connectivity index (χ1) is 8.24. The summed E-state index contributed by atoms with van der Waals surface area (Å²) < 4.78 is 1.65. The van der Waals surface area contributed by atoms with E-state index < -0.39 is 0 Å². The third-order valence-corrected chi connectivity index (χ3v) is 3.11. The fraction of sp³-hybridized carbons (Fsp3) is 0.167. The number of aryl methyl sites for hydroxylation is 1. The molecule has 0 aliphatic carbocycles. The lowest BCUT2D eigenvalue weighted by atomic mass is 10.4. The van der Waals surface area contributed by atoms with Gasteiger partial charge < -0.3 is 5.32 Å². The van der Waals surface area contributed by atoms with E-state index in [-0.39, 0.29) is 5.91 Å². The van der Waals surface area contributed by atoms with Crippen LogP contribution < -0.4 is 5.32 Å². The predicted octanol–water partition coefficient (Wildman–Crippen LogP) is 2.15. The second-order valence-corrected chi connectivity index (χ2v) is 4.57. The van der Waals surface area contributed by atoms with Crippen LogP contribution in [0, 0.1) is 0 Å². The summed E-state index contributed by atoms with van der Waals surface area (Å²) in [6, 6.07) is 11.6. The van der Waals surface area contributed by atoms with E-state index in [0.29, 0.717) is 11.6 Å². The van der Waals surface area contributed by atoms with Crippen LogP contribution in [0.1, 0.15) is 0 Å². The maximum absolute atomic E-state index is 11.6. The molecule has 0 aliphatic heterocycles. The van der Waals surface area contributed by atoms with E-state index in [1.807, 2.05) is 37.4 Å². The Morgan fingerprint density at radius 3 is 2.76 bits per heavy atom. The summed E-state index contributed by atoms with van der Waals surface area (Å²) in [7, 11) is 1.81. The Bertz CT molecular complexity index is 495. The molecule has 1 aromatic carbocycles. The maximum atomic E-state index is 11.6. The van der Waals surface area contributed by atoms with Gasteiger partial charge in [-0.15, -0.1) is 11.8 Å². The van der Waals surface area contributed by atoms with Crippen LogP contribution in [0.3, 0.4) is 0 Å². The normalized spacial score (nSPS) is 10.2. The highest BCUT2D eigenvalue weighted by molar-refractivity contribution is 8.00. The van der Waals surface area contributed by atoms with Gasteiger partial charge in [0.05, 0.1) is 5.75 Å². The van der Waals surface area contributed by atoms with Gasteiger partial charge in [-0.1, -0.05) is 18.2 Å². The number of carbonyl (C=O) groups excluding carboxylic acids is 1. The van der Waals surface area contributed by atoms with Crippen LogP contribution in [-0.2, 0) is 11.8 Å². The molecule has 0 bridgehead atoms. The molecule has 1 aromatic heterocycles. The first-order valence-corrected chi connectivity index (χ1v) is 6.20. The SMILES string of the molecule is Cn1ccc(NC(=O)CSc2ccccc2)n1. The summed E-state index contributed by atoms with van der Waals surface area (Å²) in [5.41, 5.74) is 0. The number of nitrogens with zero attached hydrogens (tertiary/aromatic N) is 2. The molecule has 2 rings (SSSR count). The molecular formula is C12H13N3OS. The van der Waals surface area contributed by atoms with E-state index in [1.54, 1.807) is 16.9 Å². The van der Waals surface area contributed by atoms with Crippen molar-refractivity contribution in [2.75, 3.05) is 11.1 Å². The Labute approximate surface area is 104 Å². The fourth-order valence-corrected chi connectivity index (χ4v) is 2.05. The molecule has 0 saturated heterocycles. The third-order valence-electron chi connectivity index (χ3n) is 2.09. The molecule has 1 amide bonds. The molecule has 0 radical (unpaired) electrons. The summed E-state index contributed by atoms with van der Waals surface area (Å²) in [5.74, 6) is 0.935. The fourth-order valence-electron chi connectivity index (χ4n) is 1.33. The van der Waals surface area contributed by atoms with Gasteiger partial charge in [-0.2, -0.15) is 5.10 Å². The number of anilines is 1. The summed E-state index contributed by atoms with van der Waals surface area (Å²) in [4.78, 5) is 12.7. The Hall–Kier alpha value is -1.75. The number of benzene rings is 1. The molecule has 5 heteroatoms. The summed E-state index contributed by atoms with van der Waals surface area (Å²) in [6.45, 7) is 0. The van der Waals surface area contributed by atoms with Crippen LogP contribution in [0.15, 0.2) is 47.5 Å². The van der Waals surface area contributed by atoms with Crippen molar-refractivity contribution in [1.82, 2.24) is 9.78 Å². The Morgan fingerprint density at radius 2 is 2.12 bits per heavy atom. The van der Waals surface area contributed by atoms with Crippen LogP contribution >= 0.6 is 11.8 Å². The smallest absolute Gasteiger partial charge is 0.235 e. The van der Waals surface area contributed by atoms with Crippen molar-refractivity contribution in [3.8, 4) is 0 Å². The molecule has 1 heterocycles. The second kappa shape index (κ2) is 5.54. The largest absolute Gasteiger partial charge is 0.308 e. The lowest BCUT2D eigenvalue weighted by Crippen LogP contribution is -2.14. The van der Waals surface area contributed by atoms with E-state index in [1.165, 1.54) is 11.8 Å². The molecule has 17 heavy (non-hydrogen) atoms. The van der Waals surface area contributed by atoms with Crippen LogP contribution in [0.2, 0.25) is 0 Å². The van der Waals surface area contributed by atoms with Gasteiger partial charge in [0.25, 0.3) is 0 Å². The van der Waals surface area contributed by atoms with Crippen LogP contribution in [-0.4, -0.2) is 21.4 Å². The zero-order valence-corrected chi connectivity index (χ0v) is 10.3. The van der Waals surface area contributed by atoms with Gasteiger partial charge in [-0.3, -0.25) is 9.48 Å². The molecule has 2 aromatic rings. The van der Waals surface area contributed by atoms with Crippen molar-refractivity contribution in [3.05, 3.63) is 42.6 Å². The third kappa shape index (κ3) is 3.64. The summed E-state index contributed by atoms with van der Waals surface area (Å²) in [5, 5.41) is 6.82. The molecule has 0 unspecified atom stereocenters. The predicted molar refractivity (Wildman–Crippen MR) is 69.0 cm³/mol. The molecule has 0 saturated carbocycles. The number of hydrogen-bond donors (Lipinski definition) is 1. The highest BCUT2D eigenvalue weighted by atomic mass is 32.2. The molecule has 88 valence electrons. The first-order valence-electron chi connectivity index (χ1n) is 5.21. The van der Waals surface area contributed by atoms with Crippen molar-refractivity contribution >= 4 is 23.5 Å². The average Bonchev–Trinajstić information content (AvgIpc) is 2.73. The molecule has 0 fully saturated rings. The molecule has 4 nitrogen and oxygen atoms in total. The van der Waals surface area contributed by atoms with E-state index in [9.17, 15) is 4.79 Å². The van der Waals surface area contributed by atoms with E-state index in [0.717, 1.165) is 4.90 Å². The molecular weight excluding hydrogens is 234 g/mol. The Kier molecular flexibility index (Phi) is 3.82. The van der Waals surface area contributed by atoms with Gasteiger partial charge >= 0.3 is 0 Å². The van der Waals surface area contributed by atoms with Gasteiger partial charge in [0, 0.05) is 24.2 Å². The number of amides is 1. The number of rotatable bonds is 4. The molecule has 1 N–H and O–H groups in total. The molecule has 0 atom stereocenters. The van der Waals surface area contributed by atoms with Gasteiger partial charge in [0.1, 0.15) is 0 Å². The highest BCUT2D eigenvalue weighted by Crippen LogP contribution is 2.16. The number of carbonyl (C=O) groups is 1. The number of aromatic nitrogens is 2. The topological polar surface area (TPSA) is 46.9 Å². The van der Waals surface area contributed by atoms with Crippen LogP contribution in [0.25, 0.3) is 0 Å². The zero-order chi connectivity index (χ0) is 12.1. The second-order valence-electron chi connectivity index (χ2n) is 3.52. The lowest BCUT2D eigenvalue weighted by molar-refractivity contribution is -0.113. The minimum Gasteiger partial charge on any atom is -0.308 e. The van der Waals surface area contributed by atoms with Crippen molar-refractivity contribution in [1.29, 1.82) is 0 Å². The minimum atomic E-state index is -0.0439. The monoisotopic (exact) mass is 247 g/mol.